The standard InChI is InChI=1S/C12H19N3O4S2/c1-3-10(16)14-5-4-6-15(8-7-14)21(18,19)11-9(2)13-12(17)20-11/h3-8H2,1-2H3,(H,13,17). The van der Waals surface area contributed by atoms with Gasteiger partial charge in [0.2, 0.25) is 5.91 Å². The zero-order valence-electron chi connectivity index (χ0n) is 12.1. The molecule has 118 valence electrons. The van der Waals surface area contributed by atoms with Crippen LogP contribution in [0.1, 0.15) is 25.5 Å². The van der Waals surface area contributed by atoms with Crippen LogP contribution in [0.2, 0.25) is 0 Å². The summed E-state index contributed by atoms with van der Waals surface area (Å²) in [7, 11) is -3.67. The quantitative estimate of drug-likeness (QED) is 0.866. The molecule has 7 nitrogen and oxygen atoms in total. The summed E-state index contributed by atoms with van der Waals surface area (Å²) in [6.07, 6.45) is 1.02. The van der Waals surface area contributed by atoms with Gasteiger partial charge >= 0.3 is 4.87 Å². The van der Waals surface area contributed by atoms with Gasteiger partial charge in [-0.3, -0.25) is 9.59 Å². The molecule has 1 N–H and O–H groups in total. The van der Waals surface area contributed by atoms with Crippen LogP contribution in [0.15, 0.2) is 9.00 Å². The minimum Gasteiger partial charge on any atom is -0.341 e. The highest BCUT2D eigenvalue weighted by Crippen LogP contribution is 2.22. The first kappa shape index (κ1) is 16.2. The molecule has 9 heteroatoms. The Balaban J connectivity index is 2.20. The molecule has 21 heavy (non-hydrogen) atoms. The van der Waals surface area contributed by atoms with Gasteiger partial charge in [0, 0.05) is 38.3 Å². The van der Waals surface area contributed by atoms with Gasteiger partial charge in [0.25, 0.3) is 10.0 Å². The molecule has 1 aliphatic rings. The lowest BCUT2D eigenvalue weighted by atomic mass is 10.3. The van der Waals surface area contributed by atoms with Crippen molar-refractivity contribution in [1.82, 2.24) is 14.2 Å². The van der Waals surface area contributed by atoms with Gasteiger partial charge in [-0.1, -0.05) is 18.3 Å². The molecule has 0 aromatic carbocycles. The summed E-state index contributed by atoms with van der Waals surface area (Å²) in [5.41, 5.74) is 0.371. The molecule has 1 aromatic rings. The molecular weight excluding hydrogens is 314 g/mol. The summed E-state index contributed by atoms with van der Waals surface area (Å²) in [6, 6.07) is 0. The summed E-state index contributed by atoms with van der Waals surface area (Å²) >= 11 is 0.712. The van der Waals surface area contributed by atoms with E-state index < -0.39 is 10.0 Å². The molecule has 2 heterocycles. The number of carbonyl (C=O) groups excluding carboxylic acids is 1. The van der Waals surface area contributed by atoms with E-state index in [-0.39, 0.29) is 21.5 Å². The second kappa shape index (κ2) is 6.29. The molecule has 0 radical (unpaired) electrons. The van der Waals surface area contributed by atoms with Crippen LogP contribution < -0.4 is 4.87 Å². The largest absolute Gasteiger partial charge is 0.341 e. The molecular formula is C12H19N3O4S2. The lowest BCUT2D eigenvalue weighted by Gasteiger charge is -2.21. The predicted molar refractivity (Wildman–Crippen MR) is 79.9 cm³/mol. The topological polar surface area (TPSA) is 90.6 Å². The van der Waals surface area contributed by atoms with E-state index in [0.29, 0.717) is 49.5 Å². The normalized spacial score (nSPS) is 17.7. The molecule has 0 saturated carbocycles. The number of amides is 1. The number of hydrogen-bond acceptors (Lipinski definition) is 5. The van der Waals surface area contributed by atoms with Gasteiger partial charge in [0.05, 0.1) is 0 Å². The van der Waals surface area contributed by atoms with Crippen LogP contribution in [-0.2, 0) is 14.8 Å². The highest BCUT2D eigenvalue weighted by atomic mass is 32.2. The van der Waals surface area contributed by atoms with Crippen molar-refractivity contribution in [3.05, 3.63) is 15.4 Å². The van der Waals surface area contributed by atoms with Crippen LogP contribution >= 0.6 is 11.3 Å². The number of hydrogen-bond donors (Lipinski definition) is 1. The molecule has 1 saturated heterocycles. The minimum absolute atomic E-state index is 0.0386. The molecule has 0 unspecified atom stereocenters. The molecule has 1 amide bonds. The lowest BCUT2D eigenvalue weighted by molar-refractivity contribution is -0.130. The SMILES string of the molecule is CCC(=O)N1CCCN(S(=O)(=O)c2sc(=O)[nH]c2C)CC1. The summed E-state index contributed by atoms with van der Waals surface area (Å²) in [5.74, 6) is 0.0386. The third-order valence-corrected chi connectivity index (χ3v) is 6.95. The first-order valence-corrected chi connectivity index (χ1v) is 9.09. The van der Waals surface area contributed by atoms with Gasteiger partial charge in [0.15, 0.2) is 4.21 Å². The summed E-state index contributed by atoms with van der Waals surface area (Å²) < 4.78 is 26.6. The van der Waals surface area contributed by atoms with E-state index in [9.17, 15) is 18.0 Å². The number of sulfonamides is 1. The van der Waals surface area contributed by atoms with Gasteiger partial charge in [-0.05, 0) is 13.3 Å². The van der Waals surface area contributed by atoms with Crippen molar-refractivity contribution in [2.45, 2.75) is 30.9 Å². The van der Waals surface area contributed by atoms with Crippen LogP contribution in [0, 0.1) is 6.92 Å². The van der Waals surface area contributed by atoms with Crippen molar-refractivity contribution in [3.63, 3.8) is 0 Å². The van der Waals surface area contributed by atoms with E-state index in [4.69, 9.17) is 0 Å². The number of aromatic nitrogens is 1. The number of carbonyl (C=O) groups is 1. The molecule has 1 aromatic heterocycles. The maximum Gasteiger partial charge on any atom is 0.305 e. The number of thiazole rings is 1. The number of aromatic amines is 1. The fraction of sp³-hybridized carbons (Fsp3) is 0.667. The molecule has 2 rings (SSSR count). The van der Waals surface area contributed by atoms with Gasteiger partial charge in [-0.25, -0.2) is 8.42 Å². The van der Waals surface area contributed by atoms with Crippen molar-refractivity contribution < 1.29 is 13.2 Å². The first-order chi connectivity index (χ1) is 9.86. The Labute approximate surface area is 127 Å². The van der Waals surface area contributed by atoms with Gasteiger partial charge in [-0.2, -0.15) is 4.31 Å². The van der Waals surface area contributed by atoms with E-state index in [2.05, 4.69) is 4.98 Å². The maximum atomic E-state index is 12.6. The smallest absolute Gasteiger partial charge is 0.305 e. The Morgan fingerprint density at radius 3 is 2.57 bits per heavy atom. The predicted octanol–water partition coefficient (Wildman–Crippen LogP) is 0.378. The minimum atomic E-state index is -3.67. The Morgan fingerprint density at radius 2 is 2.00 bits per heavy atom. The zero-order chi connectivity index (χ0) is 15.6. The number of aryl methyl sites for hydroxylation is 1. The fourth-order valence-electron chi connectivity index (χ4n) is 2.36. The second-order valence-corrected chi connectivity index (χ2v) is 8.04. The van der Waals surface area contributed by atoms with Crippen molar-refractivity contribution in [3.8, 4) is 0 Å². The van der Waals surface area contributed by atoms with Crippen LogP contribution in [0.4, 0.5) is 0 Å². The van der Waals surface area contributed by atoms with Crippen LogP contribution in [-0.4, -0.2) is 54.7 Å². The van der Waals surface area contributed by atoms with Crippen molar-refractivity contribution >= 4 is 27.3 Å². The monoisotopic (exact) mass is 333 g/mol. The van der Waals surface area contributed by atoms with Gasteiger partial charge in [0.1, 0.15) is 0 Å². The summed E-state index contributed by atoms with van der Waals surface area (Å²) in [6.45, 7) is 4.96. The third-order valence-electron chi connectivity index (χ3n) is 3.47. The number of H-pyrrole nitrogens is 1. The zero-order valence-corrected chi connectivity index (χ0v) is 13.7. The first-order valence-electron chi connectivity index (χ1n) is 6.84. The van der Waals surface area contributed by atoms with E-state index in [0.717, 1.165) is 0 Å². The van der Waals surface area contributed by atoms with Crippen molar-refractivity contribution in [2.24, 2.45) is 0 Å². The fourth-order valence-corrected chi connectivity index (χ4v) is 5.27. The van der Waals surface area contributed by atoms with Crippen molar-refractivity contribution in [2.75, 3.05) is 26.2 Å². The van der Waals surface area contributed by atoms with E-state index >= 15 is 0 Å². The highest BCUT2D eigenvalue weighted by molar-refractivity contribution is 7.91. The van der Waals surface area contributed by atoms with Crippen LogP contribution in [0.5, 0.6) is 0 Å². The summed E-state index contributed by atoms with van der Waals surface area (Å²) in [4.78, 5) is 26.9. The average Bonchev–Trinajstić information content (AvgIpc) is 2.67. The number of nitrogens with zero attached hydrogens (tertiary/aromatic N) is 2. The van der Waals surface area contributed by atoms with Gasteiger partial charge < -0.3 is 9.88 Å². The average molecular weight is 333 g/mol. The molecule has 0 spiro atoms. The second-order valence-electron chi connectivity index (χ2n) is 4.92. The number of nitrogens with one attached hydrogen (secondary N) is 1. The Hall–Kier alpha value is -1.19. The molecule has 1 fully saturated rings. The highest BCUT2D eigenvalue weighted by Gasteiger charge is 2.30. The van der Waals surface area contributed by atoms with E-state index in [1.807, 2.05) is 0 Å². The number of rotatable bonds is 3. The van der Waals surface area contributed by atoms with E-state index in [1.165, 1.54) is 4.31 Å². The van der Waals surface area contributed by atoms with Gasteiger partial charge in [-0.15, -0.1) is 0 Å². The van der Waals surface area contributed by atoms with Crippen molar-refractivity contribution in [1.29, 1.82) is 0 Å². The van der Waals surface area contributed by atoms with E-state index in [1.54, 1.807) is 18.7 Å². The third kappa shape index (κ3) is 3.35. The molecule has 1 aliphatic heterocycles. The lowest BCUT2D eigenvalue weighted by Crippen LogP contribution is -2.37. The molecule has 0 atom stereocenters. The Kier molecular flexibility index (Phi) is 4.84. The molecule has 0 bridgehead atoms. The molecule has 0 aliphatic carbocycles. The summed E-state index contributed by atoms with van der Waals surface area (Å²) in [5, 5.41) is 0. The van der Waals surface area contributed by atoms with Crippen LogP contribution in [0.3, 0.4) is 0 Å². The Morgan fingerprint density at radius 1 is 1.29 bits per heavy atom. The maximum absolute atomic E-state index is 12.6. The van der Waals surface area contributed by atoms with Crippen LogP contribution in [0.25, 0.3) is 0 Å². The Bertz CT molecular complexity index is 677.